The minimum Gasteiger partial charge on any atom is -0.494 e. The number of ether oxygens (including phenoxy) is 1. The molecule has 0 aliphatic heterocycles. The maximum atomic E-state index is 11.8. The van der Waals surface area contributed by atoms with Crippen LogP contribution in [-0.4, -0.2) is 12.4 Å². The summed E-state index contributed by atoms with van der Waals surface area (Å²) in [6, 6.07) is 11.1. The number of benzene rings is 1. The molecule has 1 aromatic heterocycles. The van der Waals surface area contributed by atoms with Gasteiger partial charge in [0.25, 0.3) is 0 Å². The highest BCUT2D eigenvalue weighted by Gasteiger charge is 2.05. The summed E-state index contributed by atoms with van der Waals surface area (Å²) in [4.78, 5) is 11.8. The normalized spacial score (nSPS) is 10.9. The summed E-state index contributed by atoms with van der Waals surface area (Å²) in [5.41, 5.74) is 0.950. The van der Waals surface area contributed by atoms with Crippen molar-refractivity contribution in [1.82, 2.24) is 0 Å². The minimum absolute atomic E-state index is 0.135. The molecule has 0 aliphatic carbocycles. The molecule has 0 fully saturated rings. The molecule has 20 heavy (non-hydrogen) atoms. The summed E-state index contributed by atoms with van der Waals surface area (Å²) in [6.07, 6.45) is 4.27. The van der Waals surface area contributed by atoms with Crippen LogP contribution in [0.1, 0.15) is 35.2 Å². The van der Waals surface area contributed by atoms with Crippen molar-refractivity contribution < 1.29 is 13.9 Å². The van der Waals surface area contributed by atoms with Gasteiger partial charge in [0.15, 0.2) is 5.76 Å². The van der Waals surface area contributed by atoms with Crippen LogP contribution < -0.4 is 4.74 Å². The molecule has 3 heteroatoms. The molecule has 2 rings (SSSR count). The number of furan rings is 1. The maximum absolute atomic E-state index is 11.8. The standard InChI is InChI=1S/C17H18O3/c1-3-12-19-15-8-5-14(6-9-15)7-10-16(18)17-11-4-13(2)20-17/h4-11H,3,12H2,1-2H3/b10-7+. The van der Waals surface area contributed by atoms with Crippen molar-refractivity contribution in [1.29, 1.82) is 0 Å². The Balaban J connectivity index is 1.98. The van der Waals surface area contributed by atoms with E-state index < -0.39 is 0 Å². The highest BCUT2D eigenvalue weighted by atomic mass is 16.5. The van der Waals surface area contributed by atoms with E-state index in [-0.39, 0.29) is 5.78 Å². The van der Waals surface area contributed by atoms with Gasteiger partial charge in [-0.1, -0.05) is 25.1 Å². The number of hydrogen-bond donors (Lipinski definition) is 0. The van der Waals surface area contributed by atoms with Crippen LogP contribution in [0.5, 0.6) is 5.75 Å². The van der Waals surface area contributed by atoms with Crippen molar-refractivity contribution >= 4 is 11.9 Å². The first-order valence-electron chi connectivity index (χ1n) is 6.71. The second kappa shape index (κ2) is 6.75. The van der Waals surface area contributed by atoms with Gasteiger partial charge in [0.1, 0.15) is 11.5 Å². The van der Waals surface area contributed by atoms with Crippen LogP contribution >= 0.6 is 0 Å². The maximum Gasteiger partial charge on any atom is 0.221 e. The van der Waals surface area contributed by atoms with E-state index in [4.69, 9.17) is 9.15 Å². The summed E-state index contributed by atoms with van der Waals surface area (Å²) in [5, 5.41) is 0. The monoisotopic (exact) mass is 270 g/mol. The lowest BCUT2D eigenvalue weighted by Gasteiger charge is -2.03. The molecule has 0 amide bonds. The van der Waals surface area contributed by atoms with Crippen LogP contribution in [0.15, 0.2) is 46.9 Å². The summed E-state index contributed by atoms with van der Waals surface area (Å²) in [5.74, 6) is 1.81. The topological polar surface area (TPSA) is 39.4 Å². The van der Waals surface area contributed by atoms with Gasteiger partial charge in [-0.15, -0.1) is 0 Å². The number of carbonyl (C=O) groups is 1. The SMILES string of the molecule is CCCOc1ccc(/C=C/C(=O)c2ccc(C)o2)cc1. The number of allylic oxidation sites excluding steroid dienone is 1. The Morgan fingerprint density at radius 3 is 2.55 bits per heavy atom. The highest BCUT2D eigenvalue weighted by molar-refractivity contribution is 6.04. The van der Waals surface area contributed by atoms with E-state index in [2.05, 4.69) is 6.92 Å². The quantitative estimate of drug-likeness (QED) is 0.581. The zero-order valence-corrected chi connectivity index (χ0v) is 11.8. The lowest BCUT2D eigenvalue weighted by atomic mass is 10.2. The van der Waals surface area contributed by atoms with Crippen molar-refractivity contribution in [3.63, 3.8) is 0 Å². The van der Waals surface area contributed by atoms with E-state index in [0.717, 1.165) is 23.5 Å². The van der Waals surface area contributed by atoms with E-state index in [1.807, 2.05) is 31.2 Å². The first-order valence-corrected chi connectivity index (χ1v) is 6.71. The Kier molecular flexibility index (Phi) is 4.77. The molecule has 0 bridgehead atoms. The van der Waals surface area contributed by atoms with E-state index in [1.165, 1.54) is 6.08 Å². The van der Waals surface area contributed by atoms with Crippen LogP contribution in [0.4, 0.5) is 0 Å². The van der Waals surface area contributed by atoms with Gasteiger partial charge in [-0.3, -0.25) is 4.79 Å². The summed E-state index contributed by atoms with van der Waals surface area (Å²) >= 11 is 0. The average Bonchev–Trinajstić information content (AvgIpc) is 2.90. The molecule has 0 saturated heterocycles. The van der Waals surface area contributed by atoms with Crippen molar-refractivity contribution in [2.75, 3.05) is 6.61 Å². The average molecular weight is 270 g/mol. The van der Waals surface area contributed by atoms with Crippen molar-refractivity contribution in [3.8, 4) is 5.75 Å². The van der Waals surface area contributed by atoms with Gasteiger partial charge in [0, 0.05) is 0 Å². The van der Waals surface area contributed by atoms with E-state index in [9.17, 15) is 4.79 Å². The molecule has 0 saturated carbocycles. The Labute approximate surface area is 118 Å². The number of carbonyl (C=O) groups excluding carboxylic acids is 1. The predicted octanol–water partition coefficient (Wildman–Crippen LogP) is 4.27. The summed E-state index contributed by atoms with van der Waals surface area (Å²) in [6.45, 7) is 4.60. The third kappa shape index (κ3) is 3.85. The van der Waals surface area contributed by atoms with Gasteiger partial charge >= 0.3 is 0 Å². The van der Waals surface area contributed by atoms with Crippen LogP contribution in [0.25, 0.3) is 6.08 Å². The van der Waals surface area contributed by atoms with Gasteiger partial charge in [-0.25, -0.2) is 0 Å². The lowest BCUT2D eigenvalue weighted by molar-refractivity contribution is 0.102. The van der Waals surface area contributed by atoms with E-state index >= 15 is 0 Å². The fourth-order valence-corrected chi connectivity index (χ4v) is 1.72. The molecule has 3 nitrogen and oxygen atoms in total. The third-order valence-electron chi connectivity index (χ3n) is 2.76. The number of aryl methyl sites for hydroxylation is 1. The molecule has 0 unspecified atom stereocenters. The fraction of sp³-hybridized carbons (Fsp3) is 0.235. The molecule has 0 spiro atoms. The molecule has 0 atom stereocenters. The molecule has 0 aliphatic rings. The Morgan fingerprint density at radius 2 is 1.95 bits per heavy atom. The lowest BCUT2D eigenvalue weighted by Crippen LogP contribution is -1.94. The summed E-state index contributed by atoms with van der Waals surface area (Å²) < 4.78 is 10.8. The minimum atomic E-state index is -0.135. The Bertz CT molecular complexity index is 591. The van der Waals surface area contributed by atoms with Crippen LogP contribution in [0.2, 0.25) is 0 Å². The van der Waals surface area contributed by atoms with E-state index in [0.29, 0.717) is 12.4 Å². The van der Waals surface area contributed by atoms with Crippen molar-refractivity contribution in [2.45, 2.75) is 20.3 Å². The molecule has 1 aromatic carbocycles. The molecule has 0 N–H and O–H groups in total. The predicted molar refractivity (Wildman–Crippen MR) is 79.0 cm³/mol. The fourth-order valence-electron chi connectivity index (χ4n) is 1.72. The molecular formula is C17H18O3. The second-order valence-corrected chi connectivity index (χ2v) is 4.53. The van der Waals surface area contributed by atoms with Crippen LogP contribution in [0.3, 0.4) is 0 Å². The van der Waals surface area contributed by atoms with Gasteiger partial charge < -0.3 is 9.15 Å². The second-order valence-electron chi connectivity index (χ2n) is 4.53. The molecule has 0 radical (unpaired) electrons. The van der Waals surface area contributed by atoms with Crippen molar-refractivity contribution in [3.05, 3.63) is 59.6 Å². The summed E-state index contributed by atoms with van der Waals surface area (Å²) in [7, 11) is 0. The smallest absolute Gasteiger partial charge is 0.221 e. The van der Waals surface area contributed by atoms with Gasteiger partial charge in [0.05, 0.1) is 6.61 Å². The highest BCUT2D eigenvalue weighted by Crippen LogP contribution is 2.14. The number of hydrogen-bond acceptors (Lipinski definition) is 3. The molecule has 1 heterocycles. The largest absolute Gasteiger partial charge is 0.494 e. The molecule has 2 aromatic rings. The Hall–Kier alpha value is -2.29. The first-order chi connectivity index (χ1) is 9.69. The Morgan fingerprint density at radius 1 is 1.20 bits per heavy atom. The first kappa shape index (κ1) is 14.1. The number of ketones is 1. The van der Waals surface area contributed by atoms with Gasteiger partial charge in [-0.2, -0.15) is 0 Å². The van der Waals surface area contributed by atoms with Crippen LogP contribution in [0, 0.1) is 6.92 Å². The molecular weight excluding hydrogens is 252 g/mol. The zero-order valence-electron chi connectivity index (χ0n) is 11.8. The van der Waals surface area contributed by atoms with Crippen LogP contribution in [-0.2, 0) is 0 Å². The number of rotatable bonds is 6. The zero-order chi connectivity index (χ0) is 14.4. The van der Waals surface area contributed by atoms with E-state index in [1.54, 1.807) is 18.2 Å². The van der Waals surface area contributed by atoms with Gasteiger partial charge in [-0.05, 0) is 49.2 Å². The molecule has 104 valence electrons. The van der Waals surface area contributed by atoms with Gasteiger partial charge in [0.2, 0.25) is 5.78 Å². The van der Waals surface area contributed by atoms with Crippen molar-refractivity contribution in [2.24, 2.45) is 0 Å². The third-order valence-corrected chi connectivity index (χ3v) is 2.76.